The Labute approximate surface area is 96.5 Å². The highest BCUT2D eigenvalue weighted by Gasteiger charge is 2.06. The molecule has 1 nitrogen and oxygen atoms in total. The van der Waals surface area contributed by atoms with Gasteiger partial charge in [-0.15, -0.1) is 0 Å². The second-order valence-corrected chi connectivity index (χ2v) is 3.40. The Balaban J connectivity index is 2.36. The van der Waals surface area contributed by atoms with E-state index in [-0.39, 0.29) is 11.6 Å². The van der Waals surface area contributed by atoms with Crippen molar-refractivity contribution < 1.29 is 17.9 Å². The van der Waals surface area contributed by atoms with E-state index >= 15 is 0 Å². The summed E-state index contributed by atoms with van der Waals surface area (Å²) in [6, 6.07) is 9.47. The predicted octanol–water partition coefficient (Wildman–Crippen LogP) is 3.94. The molecule has 0 fully saturated rings. The Morgan fingerprint density at radius 3 is 2.24 bits per heavy atom. The van der Waals surface area contributed by atoms with E-state index in [1.807, 2.05) is 0 Å². The molecule has 0 bridgehead atoms. The molecule has 0 aromatic heterocycles. The summed E-state index contributed by atoms with van der Waals surface area (Å²) in [5, 5.41) is 0. The van der Waals surface area contributed by atoms with Crippen LogP contribution >= 0.6 is 0 Å². The van der Waals surface area contributed by atoms with Crippen molar-refractivity contribution in [2.45, 2.75) is 0 Å². The third kappa shape index (κ3) is 2.58. The molecule has 2 aromatic carbocycles. The molecule has 2 aromatic rings. The van der Waals surface area contributed by atoms with Crippen LogP contribution in [-0.2, 0) is 0 Å². The minimum Gasteiger partial charge on any atom is -0.463 e. The number of rotatable bonds is 3. The smallest absolute Gasteiger partial charge is 0.228 e. The summed E-state index contributed by atoms with van der Waals surface area (Å²) in [5.74, 6) is -0.801. The second-order valence-electron chi connectivity index (χ2n) is 3.40. The van der Waals surface area contributed by atoms with Gasteiger partial charge < -0.3 is 4.74 Å². The van der Waals surface area contributed by atoms with Gasteiger partial charge in [0.15, 0.2) is 0 Å². The first-order valence-corrected chi connectivity index (χ1v) is 4.95. The van der Waals surface area contributed by atoms with Gasteiger partial charge in [0.2, 0.25) is 6.86 Å². The zero-order valence-electron chi connectivity index (χ0n) is 8.79. The third-order valence-electron chi connectivity index (χ3n) is 2.32. The molecule has 0 aliphatic rings. The average molecular weight is 238 g/mol. The van der Waals surface area contributed by atoms with Crippen molar-refractivity contribution >= 4 is 0 Å². The van der Waals surface area contributed by atoms with Crippen molar-refractivity contribution in [1.82, 2.24) is 0 Å². The van der Waals surface area contributed by atoms with Crippen molar-refractivity contribution in [3.8, 4) is 16.9 Å². The Morgan fingerprint density at radius 1 is 0.941 bits per heavy atom. The molecule has 0 aliphatic heterocycles. The van der Waals surface area contributed by atoms with Crippen LogP contribution in [0.5, 0.6) is 5.75 Å². The molecule has 17 heavy (non-hydrogen) atoms. The molecule has 0 saturated heterocycles. The maximum absolute atomic E-state index is 13.7. The maximum atomic E-state index is 13.7. The summed E-state index contributed by atoms with van der Waals surface area (Å²) >= 11 is 0. The normalized spacial score (nSPS) is 10.3. The number of hydrogen-bond acceptors (Lipinski definition) is 1. The van der Waals surface area contributed by atoms with Gasteiger partial charge in [-0.25, -0.2) is 13.2 Å². The fraction of sp³-hybridized carbons (Fsp3) is 0.0769. The first-order valence-electron chi connectivity index (χ1n) is 4.95. The van der Waals surface area contributed by atoms with Gasteiger partial charge in [0.05, 0.1) is 0 Å². The Kier molecular flexibility index (Phi) is 3.32. The van der Waals surface area contributed by atoms with Crippen LogP contribution in [0.2, 0.25) is 0 Å². The summed E-state index contributed by atoms with van der Waals surface area (Å²) < 4.78 is 42.8. The van der Waals surface area contributed by atoms with Crippen molar-refractivity contribution in [1.29, 1.82) is 0 Å². The van der Waals surface area contributed by atoms with E-state index in [0.29, 0.717) is 11.1 Å². The topological polar surface area (TPSA) is 9.23 Å². The first kappa shape index (κ1) is 11.5. The highest BCUT2D eigenvalue weighted by molar-refractivity contribution is 5.64. The van der Waals surface area contributed by atoms with Gasteiger partial charge >= 0.3 is 0 Å². The van der Waals surface area contributed by atoms with Crippen LogP contribution in [0.25, 0.3) is 11.1 Å². The highest BCUT2D eigenvalue weighted by atomic mass is 19.1. The number of ether oxygens (including phenoxy) is 1. The molecule has 0 N–H and O–H groups in total. The van der Waals surface area contributed by atoms with Crippen LogP contribution in [-0.4, -0.2) is 6.86 Å². The standard InChI is InChI=1S/C13H9F3O/c14-8-17-11-5-6-12(13(16)7-11)9-1-3-10(15)4-2-9/h1-7H,8H2. The van der Waals surface area contributed by atoms with Crippen molar-refractivity contribution in [3.05, 3.63) is 54.1 Å². The lowest BCUT2D eigenvalue weighted by atomic mass is 10.1. The number of benzene rings is 2. The van der Waals surface area contributed by atoms with Gasteiger partial charge in [0.25, 0.3) is 0 Å². The van der Waals surface area contributed by atoms with Gasteiger partial charge in [0, 0.05) is 11.6 Å². The zero-order chi connectivity index (χ0) is 12.3. The van der Waals surface area contributed by atoms with Gasteiger partial charge in [-0.2, -0.15) is 0 Å². The van der Waals surface area contributed by atoms with Crippen LogP contribution in [0.4, 0.5) is 13.2 Å². The molecule has 0 aliphatic carbocycles. The molecule has 0 atom stereocenters. The molecule has 0 heterocycles. The first-order chi connectivity index (χ1) is 8.20. The van der Waals surface area contributed by atoms with Crippen molar-refractivity contribution in [3.63, 3.8) is 0 Å². The summed E-state index contributed by atoms with van der Waals surface area (Å²) in [4.78, 5) is 0. The highest BCUT2D eigenvalue weighted by Crippen LogP contribution is 2.26. The molecule has 0 saturated carbocycles. The van der Waals surface area contributed by atoms with E-state index in [2.05, 4.69) is 4.74 Å². The van der Waals surface area contributed by atoms with Crippen molar-refractivity contribution in [2.24, 2.45) is 0 Å². The molecular formula is C13H9F3O. The van der Waals surface area contributed by atoms with E-state index in [9.17, 15) is 13.2 Å². The summed E-state index contributed by atoms with van der Waals surface area (Å²) in [5.41, 5.74) is 0.868. The molecule has 0 amide bonds. The lowest BCUT2D eigenvalue weighted by molar-refractivity contribution is 0.191. The minimum absolute atomic E-state index is 0.121. The predicted molar refractivity (Wildman–Crippen MR) is 58.4 cm³/mol. The average Bonchev–Trinajstić information content (AvgIpc) is 2.31. The maximum Gasteiger partial charge on any atom is 0.228 e. The summed E-state index contributed by atoms with van der Waals surface area (Å²) in [7, 11) is 0. The fourth-order valence-corrected chi connectivity index (χ4v) is 1.51. The van der Waals surface area contributed by atoms with Gasteiger partial charge in [-0.3, -0.25) is 0 Å². The van der Waals surface area contributed by atoms with Crippen LogP contribution in [0.15, 0.2) is 42.5 Å². The van der Waals surface area contributed by atoms with Crippen LogP contribution in [0.3, 0.4) is 0 Å². The van der Waals surface area contributed by atoms with E-state index < -0.39 is 12.7 Å². The molecule has 4 heteroatoms. The molecule has 0 unspecified atom stereocenters. The lowest BCUT2D eigenvalue weighted by Crippen LogP contribution is -1.92. The second kappa shape index (κ2) is 4.91. The monoisotopic (exact) mass is 238 g/mol. The summed E-state index contributed by atoms with van der Waals surface area (Å²) in [6.45, 7) is -1.00. The summed E-state index contributed by atoms with van der Waals surface area (Å²) in [6.07, 6.45) is 0. The van der Waals surface area contributed by atoms with E-state index in [4.69, 9.17) is 0 Å². The van der Waals surface area contributed by atoms with E-state index in [0.717, 1.165) is 6.07 Å². The number of halogens is 3. The van der Waals surface area contributed by atoms with E-state index in [1.54, 1.807) is 0 Å². The molecule has 88 valence electrons. The number of hydrogen-bond donors (Lipinski definition) is 0. The van der Waals surface area contributed by atoms with E-state index in [1.165, 1.54) is 36.4 Å². The van der Waals surface area contributed by atoms with Gasteiger partial charge in [0.1, 0.15) is 17.4 Å². The van der Waals surface area contributed by atoms with Crippen LogP contribution in [0.1, 0.15) is 0 Å². The van der Waals surface area contributed by atoms with Gasteiger partial charge in [-0.1, -0.05) is 12.1 Å². The lowest BCUT2D eigenvalue weighted by Gasteiger charge is -2.06. The molecular weight excluding hydrogens is 229 g/mol. The SMILES string of the molecule is FCOc1ccc(-c2ccc(F)cc2)c(F)c1. The Hall–Kier alpha value is -1.97. The quantitative estimate of drug-likeness (QED) is 0.787. The Bertz CT molecular complexity index is 509. The largest absolute Gasteiger partial charge is 0.463 e. The van der Waals surface area contributed by atoms with Crippen LogP contribution in [0, 0.1) is 11.6 Å². The van der Waals surface area contributed by atoms with Crippen molar-refractivity contribution in [2.75, 3.05) is 6.86 Å². The molecule has 2 rings (SSSR count). The Morgan fingerprint density at radius 2 is 1.65 bits per heavy atom. The van der Waals surface area contributed by atoms with Crippen LogP contribution < -0.4 is 4.74 Å². The van der Waals surface area contributed by atoms with Gasteiger partial charge in [-0.05, 0) is 29.8 Å². The zero-order valence-corrected chi connectivity index (χ0v) is 8.79. The number of alkyl halides is 1. The fourth-order valence-electron chi connectivity index (χ4n) is 1.51. The molecule has 0 spiro atoms. The molecule has 0 radical (unpaired) electrons. The minimum atomic E-state index is -1.00. The third-order valence-corrected chi connectivity index (χ3v) is 2.32.